The van der Waals surface area contributed by atoms with E-state index in [0.717, 1.165) is 5.56 Å². The molecule has 1 aromatic carbocycles. The van der Waals surface area contributed by atoms with Gasteiger partial charge < -0.3 is 4.74 Å². The highest BCUT2D eigenvalue weighted by Gasteiger charge is 2.30. The van der Waals surface area contributed by atoms with Gasteiger partial charge in [-0.05, 0) is 13.0 Å². The highest BCUT2D eigenvalue weighted by atomic mass is 16.5. The van der Waals surface area contributed by atoms with E-state index in [1.807, 2.05) is 19.1 Å². The van der Waals surface area contributed by atoms with Gasteiger partial charge in [-0.1, -0.05) is 19.1 Å². The fourth-order valence-electron chi connectivity index (χ4n) is 1.84. The second kappa shape index (κ2) is 3.55. The summed E-state index contributed by atoms with van der Waals surface area (Å²) < 4.78 is 5.66. The molecule has 0 bridgehead atoms. The first-order valence-corrected chi connectivity index (χ1v) is 4.95. The Balaban J connectivity index is 2.49. The summed E-state index contributed by atoms with van der Waals surface area (Å²) in [6.45, 7) is 4.08. The molecule has 4 nitrogen and oxygen atoms in total. The monoisotopic (exact) mass is 206 g/mol. The van der Waals surface area contributed by atoms with Crippen molar-refractivity contribution in [3.05, 3.63) is 29.3 Å². The number of ether oxygens (including phenoxy) is 1. The van der Waals surface area contributed by atoms with Crippen molar-refractivity contribution in [2.24, 2.45) is 5.84 Å². The lowest BCUT2D eigenvalue weighted by molar-refractivity contribution is 0.0948. The van der Waals surface area contributed by atoms with E-state index in [9.17, 15) is 4.79 Å². The zero-order chi connectivity index (χ0) is 11.0. The van der Waals surface area contributed by atoms with Crippen LogP contribution in [0.15, 0.2) is 18.2 Å². The van der Waals surface area contributed by atoms with Gasteiger partial charge in [-0.2, -0.15) is 0 Å². The third kappa shape index (κ3) is 1.47. The van der Waals surface area contributed by atoms with Crippen LogP contribution in [0.25, 0.3) is 0 Å². The standard InChI is InChI=1S/C11H14N2O2/c1-6-7(2)15-10-8(6)4-3-5-9(10)11(14)13-12/h3-7H,12H2,1-2H3,(H,13,14). The number of hydrogen-bond acceptors (Lipinski definition) is 3. The molecule has 1 aliphatic rings. The molecule has 0 fully saturated rings. The van der Waals surface area contributed by atoms with Crippen molar-refractivity contribution in [1.29, 1.82) is 0 Å². The second-order valence-electron chi connectivity index (χ2n) is 3.81. The maximum atomic E-state index is 11.5. The summed E-state index contributed by atoms with van der Waals surface area (Å²) in [5.74, 6) is 5.78. The third-order valence-electron chi connectivity index (χ3n) is 2.92. The Hall–Kier alpha value is -1.55. The first-order chi connectivity index (χ1) is 7.15. The molecule has 2 unspecified atom stereocenters. The van der Waals surface area contributed by atoms with E-state index in [0.29, 0.717) is 17.2 Å². The van der Waals surface area contributed by atoms with Gasteiger partial charge in [0.2, 0.25) is 0 Å². The van der Waals surface area contributed by atoms with E-state index < -0.39 is 0 Å². The number of benzene rings is 1. The Bertz CT molecular complexity index is 404. The predicted molar refractivity (Wildman–Crippen MR) is 56.6 cm³/mol. The van der Waals surface area contributed by atoms with Gasteiger partial charge >= 0.3 is 0 Å². The molecule has 3 N–H and O–H groups in total. The molecular weight excluding hydrogens is 192 g/mol. The van der Waals surface area contributed by atoms with Crippen molar-refractivity contribution in [3.8, 4) is 5.75 Å². The van der Waals surface area contributed by atoms with Crippen LogP contribution in [0.2, 0.25) is 0 Å². The highest BCUT2D eigenvalue weighted by Crippen LogP contribution is 2.39. The van der Waals surface area contributed by atoms with Gasteiger partial charge in [0.15, 0.2) is 0 Å². The van der Waals surface area contributed by atoms with E-state index in [1.165, 1.54) is 0 Å². The molecule has 1 aliphatic heterocycles. The minimum Gasteiger partial charge on any atom is -0.489 e. The average molecular weight is 206 g/mol. The summed E-state index contributed by atoms with van der Waals surface area (Å²) >= 11 is 0. The number of fused-ring (bicyclic) bond motifs is 1. The van der Waals surface area contributed by atoms with Crippen LogP contribution in [0, 0.1) is 0 Å². The van der Waals surface area contributed by atoms with Crippen LogP contribution in [0.5, 0.6) is 5.75 Å². The number of carbonyl (C=O) groups is 1. The van der Waals surface area contributed by atoms with Crippen LogP contribution in [0.3, 0.4) is 0 Å². The van der Waals surface area contributed by atoms with Crippen molar-refractivity contribution in [3.63, 3.8) is 0 Å². The number of nitrogen functional groups attached to an aromatic ring is 1. The quantitative estimate of drug-likeness (QED) is 0.412. The smallest absolute Gasteiger partial charge is 0.268 e. The Kier molecular flexibility index (Phi) is 2.36. The Labute approximate surface area is 88.4 Å². The number of hydrogen-bond donors (Lipinski definition) is 2. The zero-order valence-corrected chi connectivity index (χ0v) is 8.78. The second-order valence-corrected chi connectivity index (χ2v) is 3.81. The number of nitrogens with two attached hydrogens (primary N) is 1. The van der Waals surface area contributed by atoms with Crippen LogP contribution in [-0.4, -0.2) is 12.0 Å². The van der Waals surface area contributed by atoms with Crippen molar-refractivity contribution < 1.29 is 9.53 Å². The topological polar surface area (TPSA) is 64.3 Å². The average Bonchev–Trinajstić information content (AvgIpc) is 2.54. The number of hydrazine groups is 1. The van der Waals surface area contributed by atoms with E-state index in [-0.39, 0.29) is 12.0 Å². The summed E-state index contributed by atoms with van der Waals surface area (Å²) in [6.07, 6.45) is 0.103. The van der Waals surface area contributed by atoms with Gasteiger partial charge in [0, 0.05) is 11.5 Å². The summed E-state index contributed by atoms with van der Waals surface area (Å²) in [5.41, 5.74) is 3.70. The normalized spacial score (nSPS) is 23.1. The first kappa shape index (κ1) is 9.98. The molecule has 0 radical (unpaired) electrons. The molecule has 0 saturated heterocycles. The molecule has 4 heteroatoms. The van der Waals surface area contributed by atoms with E-state index in [4.69, 9.17) is 10.6 Å². The molecule has 2 rings (SSSR count). The summed E-state index contributed by atoms with van der Waals surface area (Å²) in [5, 5.41) is 0. The molecule has 15 heavy (non-hydrogen) atoms. The maximum absolute atomic E-state index is 11.5. The van der Waals surface area contributed by atoms with Crippen LogP contribution < -0.4 is 16.0 Å². The van der Waals surface area contributed by atoms with Crippen molar-refractivity contribution in [2.45, 2.75) is 25.9 Å². The lowest BCUT2D eigenvalue weighted by Crippen LogP contribution is -2.30. The zero-order valence-electron chi connectivity index (χ0n) is 8.78. The molecule has 0 aromatic heterocycles. The van der Waals surface area contributed by atoms with E-state index in [2.05, 4.69) is 12.3 Å². The minimum atomic E-state index is -0.312. The molecule has 0 spiro atoms. The van der Waals surface area contributed by atoms with Gasteiger partial charge in [-0.25, -0.2) is 5.84 Å². The number of amides is 1. The molecule has 80 valence electrons. The molecule has 2 atom stereocenters. The van der Waals surface area contributed by atoms with Gasteiger partial charge in [0.05, 0.1) is 5.56 Å². The fourth-order valence-corrected chi connectivity index (χ4v) is 1.84. The van der Waals surface area contributed by atoms with Gasteiger partial charge in [0.25, 0.3) is 5.91 Å². The van der Waals surface area contributed by atoms with Crippen molar-refractivity contribution in [1.82, 2.24) is 5.43 Å². The lowest BCUT2D eigenvalue weighted by Gasteiger charge is -2.08. The van der Waals surface area contributed by atoms with Crippen LogP contribution in [0.1, 0.15) is 35.7 Å². The summed E-state index contributed by atoms with van der Waals surface area (Å²) in [7, 11) is 0. The number of rotatable bonds is 1. The molecular formula is C11H14N2O2. The van der Waals surface area contributed by atoms with Crippen molar-refractivity contribution in [2.75, 3.05) is 0 Å². The number of nitrogens with one attached hydrogen (secondary N) is 1. The Morgan fingerprint density at radius 1 is 1.47 bits per heavy atom. The summed E-state index contributed by atoms with van der Waals surface area (Å²) in [4.78, 5) is 11.5. The maximum Gasteiger partial charge on any atom is 0.268 e. The highest BCUT2D eigenvalue weighted by molar-refractivity contribution is 5.97. The molecule has 1 amide bonds. The molecule has 0 saturated carbocycles. The van der Waals surface area contributed by atoms with E-state index >= 15 is 0 Å². The predicted octanol–water partition coefficient (Wildman–Crippen LogP) is 1.17. The third-order valence-corrected chi connectivity index (χ3v) is 2.92. The lowest BCUT2D eigenvalue weighted by atomic mass is 9.97. The van der Waals surface area contributed by atoms with Crippen LogP contribution >= 0.6 is 0 Å². The number of para-hydroxylation sites is 1. The number of carbonyl (C=O) groups excluding carboxylic acids is 1. The minimum absolute atomic E-state index is 0.103. The van der Waals surface area contributed by atoms with Gasteiger partial charge in [-0.15, -0.1) is 0 Å². The fraction of sp³-hybridized carbons (Fsp3) is 0.364. The van der Waals surface area contributed by atoms with Crippen molar-refractivity contribution >= 4 is 5.91 Å². The molecule has 1 aromatic rings. The Morgan fingerprint density at radius 2 is 2.20 bits per heavy atom. The van der Waals surface area contributed by atoms with E-state index in [1.54, 1.807) is 6.07 Å². The molecule has 1 heterocycles. The van der Waals surface area contributed by atoms with Gasteiger partial charge in [-0.3, -0.25) is 10.2 Å². The van der Waals surface area contributed by atoms with Crippen LogP contribution in [-0.2, 0) is 0 Å². The summed E-state index contributed by atoms with van der Waals surface area (Å²) in [6, 6.07) is 5.55. The Morgan fingerprint density at radius 3 is 2.87 bits per heavy atom. The SMILES string of the molecule is CC1Oc2c(C(=O)NN)cccc2C1C. The first-order valence-electron chi connectivity index (χ1n) is 4.95. The van der Waals surface area contributed by atoms with Gasteiger partial charge in [0.1, 0.15) is 11.9 Å². The largest absolute Gasteiger partial charge is 0.489 e. The molecule has 0 aliphatic carbocycles. The van der Waals surface area contributed by atoms with Crippen LogP contribution in [0.4, 0.5) is 0 Å².